The van der Waals surface area contributed by atoms with Crippen LogP contribution in [0, 0.1) is 0 Å². The van der Waals surface area contributed by atoms with E-state index in [1.165, 1.54) is 6.07 Å². The molecule has 2 unspecified atom stereocenters. The van der Waals surface area contributed by atoms with Gasteiger partial charge in [0.25, 0.3) is 12.1 Å². The maximum absolute atomic E-state index is 12.5. The summed E-state index contributed by atoms with van der Waals surface area (Å²) in [6.45, 7) is -0.00651. The number of nitrogens with one attached hydrogen (secondary N) is 1. The summed E-state index contributed by atoms with van der Waals surface area (Å²) in [6.07, 6.45) is 4.74. The van der Waals surface area contributed by atoms with Crippen LogP contribution in [-0.2, 0) is 4.74 Å². The molecule has 3 rings (SSSR count). The molecule has 4 N–H and O–H groups in total. The second kappa shape index (κ2) is 7.42. The van der Waals surface area contributed by atoms with Gasteiger partial charge in [0.2, 0.25) is 5.91 Å². The number of aromatic nitrogens is 1. The molecule has 0 spiro atoms. The van der Waals surface area contributed by atoms with E-state index in [0.29, 0.717) is 16.8 Å². The van der Waals surface area contributed by atoms with Gasteiger partial charge in [0.1, 0.15) is 5.56 Å². The van der Waals surface area contributed by atoms with E-state index in [-0.39, 0.29) is 24.8 Å². The number of anilines is 1. The highest BCUT2D eigenvalue weighted by Crippen LogP contribution is 2.23. The number of ether oxygens (including phenoxy) is 1. The Balaban J connectivity index is 1.73. The van der Waals surface area contributed by atoms with Crippen molar-refractivity contribution in [3.05, 3.63) is 59.9 Å². The zero-order chi connectivity index (χ0) is 17.8. The summed E-state index contributed by atoms with van der Waals surface area (Å²) in [6, 6.07) is 9.93. The van der Waals surface area contributed by atoms with E-state index < -0.39 is 5.91 Å². The number of hydrogen-bond donors (Lipinski definition) is 3. The number of nitrogens with zero attached hydrogens (tertiary/aromatic N) is 1. The van der Waals surface area contributed by atoms with Gasteiger partial charge >= 0.3 is 0 Å². The third-order valence-corrected chi connectivity index (χ3v) is 4.11. The Bertz CT molecular complexity index is 793. The van der Waals surface area contributed by atoms with Crippen molar-refractivity contribution in [3.63, 3.8) is 0 Å². The Kier molecular flexibility index (Phi) is 5.06. The van der Waals surface area contributed by atoms with Crippen molar-refractivity contribution in [1.82, 2.24) is 0 Å². The highest BCUT2D eigenvalue weighted by molar-refractivity contribution is 6.04. The van der Waals surface area contributed by atoms with Gasteiger partial charge in [-0.3, -0.25) is 9.59 Å². The first-order valence-electron chi connectivity index (χ1n) is 8.05. The first kappa shape index (κ1) is 17.1. The van der Waals surface area contributed by atoms with Gasteiger partial charge in [0.05, 0.1) is 12.7 Å². The molecule has 2 heterocycles. The number of primary amides is 1. The molecule has 1 saturated heterocycles. The van der Waals surface area contributed by atoms with Gasteiger partial charge in [-0.05, 0) is 30.7 Å². The van der Waals surface area contributed by atoms with Crippen LogP contribution in [0.4, 0.5) is 5.69 Å². The Labute approximate surface area is 145 Å². The minimum atomic E-state index is -0.550. The molecule has 1 fully saturated rings. The Morgan fingerprint density at radius 2 is 2.04 bits per heavy atom. The smallest absolute Gasteiger partial charge is 0.262 e. The van der Waals surface area contributed by atoms with Crippen molar-refractivity contribution in [2.45, 2.75) is 25.2 Å². The topological polar surface area (TPSA) is 106 Å². The predicted molar refractivity (Wildman–Crippen MR) is 89.8 cm³/mol. The summed E-state index contributed by atoms with van der Waals surface area (Å²) in [5.41, 5.74) is 6.53. The van der Waals surface area contributed by atoms with Crippen molar-refractivity contribution in [2.24, 2.45) is 5.73 Å². The van der Waals surface area contributed by atoms with Gasteiger partial charge in [0.15, 0.2) is 12.4 Å². The zero-order valence-corrected chi connectivity index (χ0v) is 13.6. The number of nitrogens with two attached hydrogens (primary N) is 1. The fourth-order valence-electron chi connectivity index (χ4n) is 2.80. The summed E-state index contributed by atoms with van der Waals surface area (Å²) in [5.74, 6) is -0.849. The quantitative estimate of drug-likeness (QED) is 0.705. The molecular weight excluding hydrogens is 322 g/mol. The molecule has 1 aliphatic rings. The highest BCUT2D eigenvalue weighted by atomic mass is 16.5. The number of carbonyl (C=O) groups is 2. The molecule has 7 heteroatoms. The van der Waals surface area contributed by atoms with E-state index >= 15 is 0 Å². The molecule has 0 aliphatic carbocycles. The SMILES string of the molecule is NC(=O)c1cccc(NC(=O)c2ccc[n+](C3CCC(CO)O3)c2)c1. The molecule has 1 aliphatic heterocycles. The number of pyridine rings is 1. The maximum atomic E-state index is 12.5. The number of aliphatic hydroxyl groups is 1. The molecule has 0 saturated carbocycles. The number of hydrogen-bond acceptors (Lipinski definition) is 4. The van der Waals surface area contributed by atoms with Crippen molar-refractivity contribution in [3.8, 4) is 0 Å². The number of rotatable bonds is 5. The van der Waals surface area contributed by atoms with Crippen LogP contribution in [0.15, 0.2) is 48.8 Å². The Hall–Kier alpha value is -2.77. The molecule has 0 radical (unpaired) electrons. The lowest BCUT2D eigenvalue weighted by molar-refractivity contribution is -0.759. The van der Waals surface area contributed by atoms with Crippen LogP contribution in [0.25, 0.3) is 0 Å². The van der Waals surface area contributed by atoms with Crippen LogP contribution in [0.1, 0.15) is 39.8 Å². The summed E-state index contributed by atoms with van der Waals surface area (Å²) >= 11 is 0. The second-order valence-electron chi connectivity index (χ2n) is 5.91. The van der Waals surface area contributed by atoms with Crippen LogP contribution in [0.3, 0.4) is 0 Å². The van der Waals surface area contributed by atoms with E-state index in [1.807, 2.05) is 10.8 Å². The van der Waals surface area contributed by atoms with E-state index in [9.17, 15) is 9.59 Å². The normalized spacial score (nSPS) is 19.6. The lowest BCUT2D eigenvalue weighted by Crippen LogP contribution is -2.40. The van der Waals surface area contributed by atoms with Crippen molar-refractivity contribution < 1.29 is 24.0 Å². The average molecular weight is 342 g/mol. The van der Waals surface area contributed by atoms with Gasteiger partial charge in [-0.1, -0.05) is 6.07 Å². The number of aliphatic hydroxyl groups excluding tert-OH is 1. The van der Waals surface area contributed by atoms with Gasteiger partial charge < -0.3 is 20.9 Å². The van der Waals surface area contributed by atoms with Gasteiger partial charge in [-0.15, -0.1) is 0 Å². The Morgan fingerprint density at radius 1 is 1.24 bits per heavy atom. The largest absolute Gasteiger partial charge is 0.394 e. The summed E-state index contributed by atoms with van der Waals surface area (Å²) in [4.78, 5) is 23.7. The summed E-state index contributed by atoms with van der Waals surface area (Å²) in [5, 5.41) is 11.9. The minimum absolute atomic E-state index is 0.00651. The highest BCUT2D eigenvalue weighted by Gasteiger charge is 2.31. The van der Waals surface area contributed by atoms with Crippen LogP contribution in [0.2, 0.25) is 0 Å². The van der Waals surface area contributed by atoms with Gasteiger partial charge in [0, 0.05) is 23.7 Å². The molecule has 7 nitrogen and oxygen atoms in total. The molecule has 1 aromatic heterocycles. The van der Waals surface area contributed by atoms with Crippen molar-refractivity contribution in [1.29, 1.82) is 0 Å². The number of amides is 2. The summed E-state index contributed by atoms with van der Waals surface area (Å²) < 4.78 is 7.55. The average Bonchev–Trinajstić information content (AvgIpc) is 3.11. The molecular formula is C18H20N3O4+. The number of carbonyl (C=O) groups excluding carboxylic acids is 2. The van der Waals surface area contributed by atoms with Crippen LogP contribution >= 0.6 is 0 Å². The molecule has 2 amide bonds. The fraction of sp³-hybridized carbons (Fsp3) is 0.278. The van der Waals surface area contributed by atoms with Gasteiger partial charge in [-0.2, -0.15) is 4.57 Å². The molecule has 0 bridgehead atoms. The van der Waals surface area contributed by atoms with E-state index in [0.717, 1.165) is 12.8 Å². The van der Waals surface area contributed by atoms with Crippen LogP contribution in [-0.4, -0.2) is 29.6 Å². The van der Waals surface area contributed by atoms with E-state index in [4.69, 9.17) is 15.6 Å². The Morgan fingerprint density at radius 3 is 2.76 bits per heavy atom. The third-order valence-electron chi connectivity index (χ3n) is 4.11. The predicted octanol–water partition coefficient (Wildman–Crippen LogP) is 0.995. The first-order chi connectivity index (χ1) is 12.1. The summed E-state index contributed by atoms with van der Waals surface area (Å²) in [7, 11) is 0. The van der Waals surface area contributed by atoms with Gasteiger partial charge in [-0.25, -0.2) is 0 Å². The lowest BCUT2D eigenvalue weighted by Gasteiger charge is -2.09. The van der Waals surface area contributed by atoms with E-state index in [1.54, 1.807) is 36.5 Å². The lowest BCUT2D eigenvalue weighted by atomic mass is 10.2. The molecule has 25 heavy (non-hydrogen) atoms. The van der Waals surface area contributed by atoms with E-state index in [2.05, 4.69) is 5.32 Å². The zero-order valence-electron chi connectivity index (χ0n) is 13.6. The standard InChI is InChI=1S/C18H19N3O4/c19-17(23)12-3-1-5-14(9-12)20-18(24)13-4-2-8-21(10-13)16-7-6-15(11-22)25-16/h1-5,8-10,15-16,22H,6-7,11H2,(H2-,19,20,23,24)/p+1. The number of benzene rings is 1. The minimum Gasteiger partial charge on any atom is -0.394 e. The van der Waals surface area contributed by atoms with Crippen molar-refractivity contribution in [2.75, 3.05) is 11.9 Å². The molecule has 2 atom stereocenters. The fourth-order valence-corrected chi connectivity index (χ4v) is 2.80. The van der Waals surface area contributed by atoms with Crippen molar-refractivity contribution >= 4 is 17.5 Å². The second-order valence-corrected chi connectivity index (χ2v) is 5.91. The van der Waals surface area contributed by atoms with Crippen LogP contribution in [0.5, 0.6) is 0 Å². The third kappa shape index (κ3) is 4.01. The molecule has 1 aromatic carbocycles. The molecule has 130 valence electrons. The maximum Gasteiger partial charge on any atom is 0.262 e. The molecule has 2 aromatic rings. The van der Waals surface area contributed by atoms with Crippen LogP contribution < -0.4 is 15.6 Å². The first-order valence-corrected chi connectivity index (χ1v) is 8.05. The monoisotopic (exact) mass is 342 g/mol.